The number of hydrogen-bond acceptors (Lipinski definition) is 3. The van der Waals surface area contributed by atoms with Gasteiger partial charge in [-0.1, -0.05) is 0 Å². The summed E-state index contributed by atoms with van der Waals surface area (Å²) in [5.41, 5.74) is -0.916. The average Bonchev–Trinajstić information content (AvgIpc) is 2.61. The van der Waals surface area contributed by atoms with Crippen LogP contribution in [0.25, 0.3) is 0 Å². The number of amides is 1. The molecule has 1 aliphatic heterocycles. The van der Waals surface area contributed by atoms with Crippen molar-refractivity contribution in [2.45, 2.75) is 36.4 Å². The summed E-state index contributed by atoms with van der Waals surface area (Å²) in [6.07, 6.45) is -3.39. The molecule has 2 N–H and O–H groups in total. The first-order valence-electron chi connectivity index (χ1n) is 6.65. The van der Waals surface area contributed by atoms with Crippen molar-refractivity contribution in [1.29, 1.82) is 0 Å². The van der Waals surface area contributed by atoms with Gasteiger partial charge in [0.05, 0.1) is 10.5 Å². The summed E-state index contributed by atoms with van der Waals surface area (Å²) in [7, 11) is -3.96. The summed E-state index contributed by atoms with van der Waals surface area (Å²) in [6, 6.07) is 2.68. The Morgan fingerprint density at radius 1 is 1.18 bits per heavy atom. The molecule has 0 aliphatic carbocycles. The maximum absolute atomic E-state index is 12.5. The van der Waals surface area contributed by atoms with Crippen molar-refractivity contribution < 1.29 is 26.4 Å². The monoisotopic (exact) mass is 336 g/mol. The molecule has 5 nitrogen and oxygen atoms in total. The Morgan fingerprint density at radius 3 is 2.41 bits per heavy atom. The minimum absolute atomic E-state index is 0.0138. The zero-order chi connectivity index (χ0) is 16.4. The molecule has 1 heterocycles. The normalized spacial score (nSPS) is 20.3. The van der Waals surface area contributed by atoms with Gasteiger partial charge in [0.1, 0.15) is 0 Å². The largest absolute Gasteiger partial charge is 0.416 e. The summed E-state index contributed by atoms with van der Waals surface area (Å²) < 4.78 is 64.1. The fourth-order valence-electron chi connectivity index (χ4n) is 2.19. The second-order valence-corrected chi connectivity index (χ2v) is 6.75. The fraction of sp³-hybridized carbons (Fsp3) is 0.462. The van der Waals surface area contributed by atoms with Crippen LogP contribution in [0.5, 0.6) is 0 Å². The highest BCUT2D eigenvalue weighted by atomic mass is 32.2. The number of carbonyl (C=O) groups excluding carboxylic acids is 1. The molecule has 1 atom stereocenters. The van der Waals surface area contributed by atoms with Crippen molar-refractivity contribution in [1.82, 2.24) is 10.0 Å². The first-order chi connectivity index (χ1) is 10.2. The molecular weight excluding hydrogens is 321 g/mol. The van der Waals surface area contributed by atoms with E-state index in [9.17, 15) is 26.4 Å². The van der Waals surface area contributed by atoms with Crippen molar-refractivity contribution in [3.05, 3.63) is 29.8 Å². The van der Waals surface area contributed by atoms with Gasteiger partial charge < -0.3 is 5.32 Å². The van der Waals surface area contributed by atoms with Gasteiger partial charge in [0, 0.05) is 19.0 Å². The number of benzene rings is 1. The lowest BCUT2D eigenvalue weighted by molar-refractivity contribution is -0.137. The van der Waals surface area contributed by atoms with E-state index >= 15 is 0 Å². The van der Waals surface area contributed by atoms with Crippen molar-refractivity contribution >= 4 is 15.9 Å². The lowest BCUT2D eigenvalue weighted by Crippen LogP contribution is -2.36. The maximum Gasteiger partial charge on any atom is 0.416 e. The van der Waals surface area contributed by atoms with Crippen LogP contribution in [-0.2, 0) is 21.0 Å². The van der Waals surface area contributed by atoms with Gasteiger partial charge in [0.25, 0.3) is 0 Å². The minimum atomic E-state index is -4.52. The van der Waals surface area contributed by atoms with E-state index in [2.05, 4.69) is 10.0 Å². The molecule has 1 fully saturated rings. The number of halogens is 3. The van der Waals surface area contributed by atoms with Crippen LogP contribution >= 0.6 is 0 Å². The number of carbonyl (C=O) groups is 1. The van der Waals surface area contributed by atoms with E-state index in [1.807, 2.05) is 0 Å². The molecule has 2 rings (SSSR count). The Bertz CT molecular complexity index is 641. The smallest absolute Gasteiger partial charge is 0.356 e. The van der Waals surface area contributed by atoms with Crippen LogP contribution in [0.3, 0.4) is 0 Å². The highest BCUT2D eigenvalue weighted by Crippen LogP contribution is 2.29. The molecule has 9 heteroatoms. The van der Waals surface area contributed by atoms with Crippen molar-refractivity contribution in [3.8, 4) is 0 Å². The minimum Gasteiger partial charge on any atom is -0.356 e. The SMILES string of the molecule is O=C1C[C@H](NS(=O)(=O)c2ccc(C(F)(F)F)cc2)CCCN1. The molecule has 122 valence electrons. The summed E-state index contributed by atoms with van der Waals surface area (Å²) >= 11 is 0. The van der Waals surface area contributed by atoms with Gasteiger partial charge in [-0.25, -0.2) is 13.1 Å². The Morgan fingerprint density at radius 2 is 1.82 bits per heavy atom. The van der Waals surface area contributed by atoms with E-state index in [1.165, 1.54) is 0 Å². The van der Waals surface area contributed by atoms with Crippen LogP contribution in [0, 0.1) is 0 Å². The van der Waals surface area contributed by atoms with Gasteiger partial charge in [-0.15, -0.1) is 0 Å². The van der Waals surface area contributed by atoms with E-state index in [0.717, 1.165) is 12.1 Å². The topological polar surface area (TPSA) is 75.3 Å². The lowest BCUT2D eigenvalue weighted by atomic mass is 10.1. The molecule has 0 saturated carbocycles. The van der Waals surface area contributed by atoms with Crippen LogP contribution < -0.4 is 10.0 Å². The molecule has 0 unspecified atom stereocenters. The third-order valence-electron chi connectivity index (χ3n) is 3.30. The Kier molecular flexibility index (Phi) is 4.76. The summed E-state index contributed by atoms with van der Waals surface area (Å²) in [5, 5.41) is 2.63. The molecule has 1 aromatic rings. The van der Waals surface area contributed by atoms with Gasteiger partial charge >= 0.3 is 6.18 Å². The van der Waals surface area contributed by atoms with E-state index < -0.39 is 27.8 Å². The quantitative estimate of drug-likeness (QED) is 0.881. The predicted octanol–water partition coefficient (Wildman–Crippen LogP) is 1.65. The number of nitrogens with one attached hydrogen (secondary N) is 2. The van der Waals surface area contributed by atoms with Gasteiger partial charge in [0.15, 0.2) is 0 Å². The van der Waals surface area contributed by atoms with E-state index in [1.54, 1.807) is 0 Å². The van der Waals surface area contributed by atoms with E-state index in [4.69, 9.17) is 0 Å². The lowest BCUT2D eigenvalue weighted by Gasteiger charge is -2.15. The highest BCUT2D eigenvalue weighted by molar-refractivity contribution is 7.89. The molecule has 1 amide bonds. The molecule has 1 saturated heterocycles. The number of rotatable bonds is 3. The summed E-state index contributed by atoms with van der Waals surface area (Å²) in [6.45, 7) is 0.483. The van der Waals surface area contributed by atoms with Gasteiger partial charge in [-0.2, -0.15) is 13.2 Å². The van der Waals surface area contributed by atoms with Crippen LogP contribution in [0.1, 0.15) is 24.8 Å². The maximum atomic E-state index is 12.5. The fourth-order valence-corrected chi connectivity index (χ4v) is 3.46. The number of hydrogen-bond donors (Lipinski definition) is 2. The third-order valence-corrected chi connectivity index (χ3v) is 4.83. The highest BCUT2D eigenvalue weighted by Gasteiger charge is 2.31. The molecule has 0 bridgehead atoms. The molecule has 0 aromatic heterocycles. The molecule has 0 radical (unpaired) electrons. The van der Waals surface area contributed by atoms with E-state index in [-0.39, 0.29) is 17.2 Å². The zero-order valence-electron chi connectivity index (χ0n) is 11.5. The Balaban J connectivity index is 2.14. The van der Waals surface area contributed by atoms with Crippen molar-refractivity contribution in [2.24, 2.45) is 0 Å². The van der Waals surface area contributed by atoms with Gasteiger partial charge in [0.2, 0.25) is 15.9 Å². The summed E-state index contributed by atoms with van der Waals surface area (Å²) in [4.78, 5) is 11.1. The number of alkyl halides is 3. The standard InChI is InChI=1S/C13H15F3N2O3S/c14-13(15,16)9-3-5-11(6-4-9)22(20,21)18-10-2-1-7-17-12(19)8-10/h3-6,10,18H,1-2,7-8H2,(H,17,19)/t10-/m1/s1. The first-order valence-corrected chi connectivity index (χ1v) is 8.13. The van der Waals surface area contributed by atoms with Gasteiger partial charge in [-0.05, 0) is 37.1 Å². The van der Waals surface area contributed by atoms with Crippen LogP contribution in [0.15, 0.2) is 29.2 Å². The molecular formula is C13H15F3N2O3S. The Hall–Kier alpha value is -1.61. The third kappa shape index (κ3) is 4.20. The second-order valence-electron chi connectivity index (χ2n) is 5.04. The van der Waals surface area contributed by atoms with Crippen LogP contribution in [0.2, 0.25) is 0 Å². The molecule has 0 spiro atoms. The summed E-state index contributed by atoms with van der Waals surface area (Å²) in [5.74, 6) is -0.252. The molecule has 22 heavy (non-hydrogen) atoms. The zero-order valence-corrected chi connectivity index (χ0v) is 12.3. The first kappa shape index (κ1) is 16.8. The molecule has 1 aromatic carbocycles. The van der Waals surface area contributed by atoms with Crippen molar-refractivity contribution in [2.75, 3.05) is 6.54 Å². The van der Waals surface area contributed by atoms with E-state index in [0.29, 0.717) is 31.5 Å². The average molecular weight is 336 g/mol. The van der Waals surface area contributed by atoms with Crippen LogP contribution in [-0.4, -0.2) is 26.9 Å². The molecule has 1 aliphatic rings. The van der Waals surface area contributed by atoms with Crippen molar-refractivity contribution in [3.63, 3.8) is 0 Å². The van der Waals surface area contributed by atoms with Crippen LogP contribution in [0.4, 0.5) is 13.2 Å². The predicted molar refractivity (Wildman–Crippen MR) is 72.4 cm³/mol. The number of sulfonamides is 1. The van der Waals surface area contributed by atoms with Gasteiger partial charge in [-0.3, -0.25) is 4.79 Å². The Labute approximate surface area is 125 Å². The second kappa shape index (κ2) is 6.25.